The molecule has 0 aliphatic carbocycles. The first-order chi connectivity index (χ1) is 13.7. The monoisotopic (exact) mass is 405 g/mol. The van der Waals surface area contributed by atoms with Gasteiger partial charge in [-0.25, -0.2) is 4.98 Å². The van der Waals surface area contributed by atoms with Crippen molar-refractivity contribution in [1.82, 2.24) is 4.98 Å². The SMILES string of the molecule is Oc1ccc(/C=N/Nc2nc(-c3ccc(Cl)cc3)c(-c3ccccc3)s2)cc1. The highest BCUT2D eigenvalue weighted by Crippen LogP contribution is 2.39. The van der Waals surface area contributed by atoms with Gasteiger partial charge in [0.1, 0.15) is 5.75 Å². The minimum atomic E-state index is 0.227. The molecular weight excluding hydrogens is 390 g/mol. The van der Waals surface area contributed by atoms with Crippen LogP contribution in [0.1, 0.15) is 5.56 Å². The third-order valence-electron chi connectivity index (χ3n) is 4.05. The van der Waals surface area contributed by atoms with Gasteiger partial charge in [-0.2, -0.15) is 5.10 Å². The van der Waals surface area contributed by atoms with Crippen LogP contribution >= 0.6 is 22.9 Å². The predicted octanol–water partition coefficient (Wildman–Crippen LogP) is 6.28. The molecule has 0 radical (unpaired) electrons. The summed E-state index contributed by atoms with van der Waals surface area (Å²) in [5, 5.41) is 15.0. The molecule has 4 aromatic rings. The van der Waals surface area contributed by atoms with E-state index < -0.39 is 0 Å². The molecule has 28 heavy (non-hydrogen) atoms. The highest BCUT2D eigenvalue weighted by atomic mass is 35.5. The number of phenols is 1. The molecule has 4 rings (SSSR count). The number of phenolic OH excluding ortho intramolecular Hbond substituents is 1. The lowest BCUT2D eigenvalue weighted by molar-refractivity contribution is 0.475. The van der Waals surface area contributed by atoms with Crippen LogP contribution in [-0.2, 0) is 0 Å². The number of thiazole rings is 1. The summed E-state index contributed by atoms with van der Waals surface area (Å²) >= 11 is 7.57. The van der Waals surface area contributed by atoms with Gasteiger partial charge in [-0.3, -0.25) is 5.43 Å². The summed E-state index contributed by atoms with van der Waals surface area (Å²) in [6.07, 6.45) is 1.69. The lowest BCUT2D eigenvalue weighted by atomic mass is 10.1. The van der Waals surface area contributed by atoms with Gasteiger partial charge in [-0.15, -0.1) is 0 Å². The number of anilines is 1. The number of rotatable bonds is 5. The van der Waals surface area contributed by atoms with Crippen molar-refractivity contribution in [1.29, 1.82) is 0 Å². The maximum Gasteiger partial charge on any atom is 0.204 e. The van der Waals surface area contributed by atoms with Crippen LogP contribution in [0.3, 0.4) is 0 Å². The maximum atomic E-state index is 9.35. The second kappa shape index (κ2) is 8.25. The molecule has 0 unspecified atom stereocenters. The Kier molecular flexibility index (Phi) is 5.37. The quantitative estimate of drug-likeness (QED) is 0.303. The van der Waals surface area contributed by atoms with E-state index in [1.165, 1.54) is 0 Å². The lowest BCUT2D eigenvalue weighted by Crippen LogP contribution is -1.90. The van der Waals surface area contributed by atoms with Gasteiger partial charge in [0.05, 0.1) is 16.8 Å². The molecule has 2 N–H and O–H groups in total. The van der Waals surface area contributed by atoms with Crippen molar-refractivity contribution >= 4 is 34.3 Å². The first kappa shape index (κ1) is 18.2. The smallest absolute Gasteiger partial charge is 0.204 e. The number of nitrogens with zero attached hydrogens (tertiary/aromatic N) is 2. The zero-order chi connectivity index (χ0) is 19.3. The van der Waals surface area contributed by atoms with Crippen LogP contribution in [-0.4, -0.2) is 16.3 Å². The van der Waals surface area contributed by atoms with Gasteiger partial charge in [0, 0.05) is 10.6 Å². The molecule has 0 spiro atoms. The van der Waals surface area contributed by atoms with Gasteiger partial charge in [0.2, 0.25) is 5.13 Å². The molecule has 4 nitrogen and oxygen atoms in total. The van der Waals surface area contributed by atoms with Crippen molar-refractivity contribution in [3.63, 3.8) is 0 Å². The van der Waals surface area contributed by atoms with E-state index >= 15 is 0 Å². The summed E-state index contributed by atoms with van der Waals surface area (Å²) in [6.45, 7) is 0. The van der Waals surface area contributed by atoms with Crippen molar-refractivity contribution in [2.24, 2.45) is 5.10 Å². The summed E-state index contributed by atoms with van der Waals surface area (Å²) < 4.78 is 0. The van der Waals surface area contributed by atoms with E-state index in [2.05, 4.69) is 22.7 Å². The molecule has 0 saturated heterocycles. The average Bonchev–Trinajstić information content (AvgIpc) is 3.15. The molecule has 0 aliphatic rings. The number of hydrazone groups is 1. The third-order valence-corrected chi connectivity index (χ3v) is 5.31. The number of hydrogen-bond acceptors (Lipinski definition) is 5. The number of nitrogens with one attached hydrogen (secondary N) is 1. The first-order valence-electron chi connectivity index (χ1n) is 8.59. The second-order valence-corrected chi connectivity index (χ2v) is 7.47. The van der Waals surface area contributed by atoms with E-state index in [0.717, 1.165) is 27.3 Å². The molecule has 0 aliphatic heterocycles. The zero-order valence-electron chi connectivity index (χ0n) is 14.7. The van der Waals surface area contributed by atoms with Crippen LogP contribution in [0.25, 0.3) is 21.7 Å². The summed E-state index contributed by atoms with van der Waals surface area (Å²) in [5.41, 5.74) is 6.86. The van der Waals surface area contributed by atoms with Crippen molar-refractivity contribution in [3.05, 3.63) is 89.4 Å². The molecule has 3 aromatic carbocycles. The molecule has 0 saturated carbocycles. The Hall–Kier alpha value is -3.15. The molecule has 6 heteroatoms. The minimum Gasteiger partial charge on any atom is -0.508 e. The number of benzene rings is 3. The van der Waals surface area contributed by atoms with E-state index in [0.29, 0.717) is 10.2 Å². The van der Waals surface area contributed by atoms with E-state index in [-0.39, 0.29) is 5.75 Å². The van der Waals surface area contributed by atoms with Crippen LogP contribution in [0.5, 0.6) is 5.75 Å². The van der Waals surface area contributed by atoms with Crippen LogP contribution in [0.2, 0.25) is 5.02 Å². The predicted molar refractivity (Wildman–Crippen MR) is 117 cm³/mol. The van der Waals surface area contributed by atoms with Crippen LogP contribution in [0, 0.1) is 0 Å². The van der Waals surface area contributed by atoms with Gasteiger partial charge in [0.15, 0.2) is 0 Å². The first-order valence-corrected chi connectivity index (χ1v) is 9.79. The maximum absolute atomic E-state index is 9.35. The van der Waals surface area contributed by atoms with E-state index in [1.54, 1.807) is 41.8 Å². The highest BCUT2D eigenvalue weighted by Gasteiger charge is 2.14. The summed E-state index contributed by atoms with van der Waals surface area (Å²) in [4.78, 5) is 5.80. The zero-order valence-corrected chi connectivity index (χ0v) is 16.3. The fourth-order valence-corrected chi connectivity index (χ4v) is 3.75. The van der Waals surface area contributed by atoms with Gasteiger partial charge in [0.25, 0.3) is 0 Å². The van der Waals surface area contributed by atoms with Gasteiger partial charge in [-0.05, 0) is 47.5 Å². The van der Waals surface area contributed by atoms with Crippen molar-refractivity contribution < 1.29 is 5.11 Å². The minimum absolute atomic E-state index is 0.227. The fraction of sp³-hybridized carbons (Fsp3) is 0. The van der Waals surface area contributed by atoms with Crippen molar-refractivity contribution in [2.75, 3.05) is 5.43 Å². The Balaban J connectivity index is 1.65. The van der Waals surface area contributed by atoms with Crippen LogP contribution in [0.4, 0.5) is 5.13 Å². The topological polar surface area (TPSA) is 57.5 Å². The molecule has 1 aromatic heterocycles. The molecule has 0 amide bonds. The standard InChI is InChI=1S/C22H16ClN3OS/c23-18-10-8-16(9-11-18)20-21(17-4-2-1-3-5-17)28-22(25-20)26-24-14-15-6-12-19(27)13-7-15/h1-14,27H,(H,25,26)/b24-14+. The summed E-state index contributed by atoms with van der Waals surface area (Å²) in [7, 11) is 0. The fourth-order valence-electron chi connectivity index (χ4n) is 2.68. The van der Waals surface area contributed by atoms with E-state index in [9.17, 15) is 5.11 Å². The molecule has 0 bridgehead atoms. The van der Waals surface area contributed by atoms with Gasteiger partial charge in [-0.1, -0.05) is 65.4 Å². The second-order valence-electron chi connectivity index (χ2n) is 6.03. The Morgan fingerprint density at radius 2 is 1.61 bits per heavy atom. The largest absolute Gasteiger partial charge is 0.508 e. The van der Waals surface area contributed by atoms with Crippen molar-refractivity contribution in [2.45, 2.75) is 0 Å². The Labute approximate surface area is 171 Å². The number of aromatic hydroxyl groups is 1. The van der Waals surface area contributed by atoms with E-state index in [1.807, 2.05) is 42.5 Å². The Morgan fingerprint density at radius 1 is 0.893 bits per heavy atom. The number of halogens is 1. The van der Waals surface area contributed by atoms with Crippen molar-refractivity contribution in [3.8, 4) is 27.4 Å². The molecule has 0 atom stereocenters. The number of hydrogen-bond donors (Lipinski definition) is 2. The van der Waals surface area contributed by atoms with Gasteiger partial charge < -0.3 is 5.11 Å². The lowest BCUT2D eigenvalue weighted by Gasteiger charge is -2.02. The average molecular weight is 406 g/mol. The summed E-state index contributed by atoms with van der Waals surface area (Å²) in [5.74, 6) is 0.227. The molecule has 1 heterocycles. The highest BCUT2D eigenvalue weighted by molar-refractivity contribution is 7.19. The molecular formula is C22H16ClN3OS. The summed E-state index contributed by atoms with van der Waals surface area (Å²) in [6, 6.07) is 24.6. The third kappa shape index (κ3) is 4.22. The van der Waals surface area contributed by atoms with Crippen LogP contribution < -0.4 is 5.43 Å². The van der Waals surface area contributed by atoms with Gasteiger partial charge >= 0.3 is 0 Å². The molecule has 138 valence electrons. The van der Waals surface area contributed by atoms with Crippen LogP contribution in [0.15, 0.2) is 84.0 Å². The van der Waals surface area contributed by atoms with E-state index in [4.69, 9.17) is 16.6 Å². The molecule has 0 fully saturated rings. The normalized spacial score (nSPS) is 11.0. The number of aromatic nitrogens is 1. The Bertz CT molecular complexity index is 1090. The Morgan fingerprint density at radius 3 is 2.32 bits per heavy atom.